The van der Waals surface area contributed by atoms with Crippen LogP contribution >= 0.6 is 12.2 Å². The third-order valence-corrected chi connectivity index (χ3v) is 2.72. The molecule has 0 atom stereocenters. The lowest BCUT2D eigenvalue weighted by atomic mass is 10.1. The molecule has 0 unspecified atom stereocenters. The van der Waals surface area contributed by atoms with Gasteiger partial charge in [0, 0.05) is 24.3 Å². The van der Waals surface area contributed by atoms with Crippen LogP contribution in [0.3, 0.4) is 0 Å². The smallest absolute Gasteiger partial charge is 0.106 e. The minimum Gasteiger partial charge on any atom is -0.389 e. The zero-order chi connectivity index (χ0) is 12.0. The molecule has 0 amide bonds. The van der Waals surface area contributed by atoms with Crippen molar-refractivity contribution in [3.63, 3.8) is 0 Å². The number of thiocarbonyl (C=S) groups is 1. The minimum absolute atomic E-state index is 0.479. The first-order valence-electron chi connectivity index (χ1n) is 5.84. The van der Waals surface area contributed by atoms with Gasteiger partial charge in [-0.3, -0.25) is 0 Å². The lowest BCUT2D eigenvalue weighted by molar-refractivity contribution is 0.744. The van der Waals surface area contributed by atoms with Gasteiger partial charge in [-0.05, 0) is 25.0 Å². The molecule has 0 aliphatic rings. The Balaban J connectivity index is 3.02. The standard InChI is InChI=1S/C13H20N2S/c1-3-9-15(10-4-2)12-8-6-5-7-11(12)13(14)16/h5-8H,3-4,9-10H2,1-2H3,(H2,14,16). The Labute approximate surface area is 103 Å². The van der Waals surface area contributed by atoms with Gasteiger partial charge in [-0.25, -0.2) is 0 Å². The molecule has 1 aromatic carbocycles. The first-order chi connectivity index (χ1) is 7.70. The Morgan fingerprint density at radius 3 is 2.25 bits per heavy atom. The van der Waals surface area contributed by atoms with Crippen molar-refractivity contribution in [3.05, 3.63) is 29.8 Å². The van der Waals surface area contributed by atoms with Crippen molar-refractivity contribution >= 4 is 22.9 Å². The van der Waals surface area contributed by atoms with E-state index in [0.29, 0.717) is 4.99 Å². The van der Waals surface area contributed by atoms with Crippen molar-refractivity contribution < 1.29 is 0 Å². The van der Waals surface area contributed by atoms with Gasteiger partial charge < -0.3 is 10.6 Å². The monoisotopic (exact) mass is 236 g/mol. The Kier molecular flexibility index (Phi) is 5.26. The highest BCUT2D eigenvalue weighted by molar-refractivity contribution is 7.80. The molecule has 0 heterocycles. The van der Waals surface area contributed by atoms with E-state index >= 15 is 0 Å². The summed E-state index contributed by atoms with van der Waals surface area (Å²) in [5.74, 6) is 0. The number of nitrogens with zero attached hydrogens (tertiary/aromatic N) is 1. The molecule has 0 fully saturated rings. The van der Waals surface area contributed by atoms with E-state index in [-0.39, 0.29) is 0 Å². The highest BCUT2D eigenvalue weighted by Gasteiger charge is 2.10. The van der Waals surface area contributed by atoms with E-state index in [1.165, 1.54) is 5.69 Å². The summed E-state index contributed by atoms with van der Waals surface area (Å²) in [6.07, 6.45) is 2.26. The zero-order valence-electron chi connectivity index (χ0n) is 10.1. The zero-order valence-corrected chi connectivity index (χ0v) is 10.9. The minimum atomic E-state index is 0.479. The average molecular weight is 236 g/mol. The maximum Gasteiger partial charge on any atom is 0.106 e. The van der Waals surface area contributed by atoms with E-state index in [2.05, 4.69) is 24.8 Å². The lowest BCUT2D eigenvalue weighted by Gasteiger charge is -2.26. The molecule has 0 spiro atoms. The first-order valence-corrected chi connectivity index (χ1v) is 6.25. The van der Waals surface area contributed by atoms with Crippen molar-refractivity contribution in [1.82, 2.24) is 0 Å². The Morgan fingerprint density at radius 2 is 1.75 bits per heavy atom. The normalized spacial score (nSPS) is 10.1. The summed E-state index contributed by atoms with van der Waals surface area (Å²) in [7, 11) is 0. The van der Waals surface area contributed by atoms with Gasteiger partial charge in [0.15, 0.2) is 0 Å². The van der Waals surface area contributed by atoms with Gasteiger partial charge in [0.05, 0.1) is 0 Å². The summed E-state index contributed by atoms with van der Waals surface area (Å²) in [6, 6.07) is 8.11. The number of rotatable bonds is 6. The van der Waals surface area contributed by atoms with E-state index in [4.69, 9.17) is 18.0 Å². The summed E-state index contributed by atoms with van der Waals surface area (Å²) in [5, 5.41) is 0. The molecular weight excluding hydrogens is 216 g/mol. The topological polar surface area (TPSA) is 29.3 Å². The van der Waals surface area contributed by atoms with E-state index in [0.717, 1.165) is 31.5 Å². The summed E-state index contributed by atoms with van der Waals surface area (Å²) in [6.45, 7) is 6.47. The molecule has 0 saturated heterocycles. The Bertz CT molecular complexity index is 344. The Hall–Kier alpha value is -1.09. The summed E-state index contributed by atoms with van der Waals surface area (Å²) < 4.78 is 0. The molecule has 0 aromatic heterocycles. The number of hydrogen-bond donors (Lipinski definition) is 1. The molecule has 3 heteroatoms. The SMILES string of the molecule is CCCN(CCC)c1ccccc1C(N)=S. The van der Waals surface area contributed by atoms with Crippen LogP contribution < -0.4 is 10.6 Å². The fourth-order valence-electron chi connectivity index (χ4n) is 1.85. The van der Waals surface area contributed by atoms with Crippen molar-refractivity contribution in [2.75, 3.05) is 18.0 Å². The highest BCUT2D eigenvalue weighted by Crippen LogP contribution is 2.20. The third kappa shape index (κ3) is 3.20. The second-order valence-electron chi connectivity index (χ2n) is 3.87. The number of anilines is 1. The van der Waals surface area contributed by atoms with Crippen molar-refractivity contribution in [3.8, 4) is 0 Å². The summed E-state index contributed by atoms with van der Waals surface area (Å²) in [4.78, 5) is 2.84. The van der Waals surface area contributed by atoms with Gasteiger partial charge in [-0.2, -0.15) is 0 Å². The molecule has 0 saturated carbocycles. The van der Waals surface area contributed by atoms with Gasteiger partial charge in [-0.1, -0.05) is 38.2 Å². The molecule has 88 valence electrons. The van der Waals surface area contributed by atoms with Gasteiger partial charge in [-0.15, -0.1) is 0 Å². The van der Waals surface area contributed by atoms with Crippen molar-refractivity contribution in [2.45, 2.75) is 26.7 Å². The van der Waals surface area contributed by atoms with Crippen LogP contribution in [-0.4, -0.2) is 18.1 Å². The highest BCUT2D eigenvalue weighted by atomic mass is 32.1. The first kappa shape index (κ1) is 13.0. The lowest BCUT2D eigenvalue weighted by Crippen LogP contribution is -2.27. The molecule has 0 bridgehead atoms. The number of para-hydroxylation sites is 1. The van der Waals surface area contributed by atoms with Crippen molar-refractivity contribution in [2.24, 2.45) is 5.73 Å². The van der Waals surface area contributed by atoms with Gasteiger partial charge in [0.1, 0.15) is 4.99 Å². The van der Waals surface area contributed by atoms with E-state index < -0.39 is 0 Å². The predicted molar refractivity (Wildman–Crippen MR) is 75.1 cm³/mol. The average Bonchev–Trinajstić information content (AvgIpc) is 2.29. The second kappa shape index (κ2) is 6.48. The van der Waals surface area contributed by atoms with Gasteiger partial charge >= 0.3 is 0 Å². The molecule has 0 aliphatic heterocycles. The maximum atomic E-state index is 5.75. The van der Waals surface area contributed by atoms with Crippen LogP contribution in [0, 0.1) is 0 Å². The largest absolute Gasteiger partial charge is 0.389 e. The fourth-order valence-corrected chi connectivity index (χ4v) is 2.02. The summed E-state index contributed by atoms with van der Waals surface area (Å²) >= 11 is 5.09. The van der Waals surface area contributed by atoms with Crippen LogP contribution in [0.15, 0.2) is 24.3 Å². The Morgan fingerprint density at radius 1 is 1.19 bits per heavy atom. The third-order valence-electron chi connectivity index (χ3n) is 2.50. The molecule has 0 radical (unpaired) electrons. The van der Waals surface area contributed by atoms with Crippen LogP contribution in [0.2, 0.25) is 0 Å². The van der Waals surface area contributed by atoms with Crippen LogP contribution in [0.4, 0.5) is 5.69 Å². The van der Waals surface area contributed by atoms with Crippen LogP contribution in [0.25, 0.3) is 0 Å². The molecule has 1 aromatic rings. The summed E-state index contributed by atoms with van der Waals surface area (Å²) in [5.41, 5.74) is 7.90. The van der Waals surface area contributed by atoms with Gasteiger partial charge in [0.25, 0.3) is 0 Å². The predicted octanol–water partition coefficient (Wildman–Crippen LogP) is 2.95. The fraction of sp³-hybridized carbons (Fsp3) is 0.462. The van der Waals surface area contributed by atoms with E-state index in [9.17, 15) is 0 Å². The number of hydrogen-bond acceptors (Lipinski definition) is 2. The number of benzene rings is 1. The van der Waals surface area contributed by atoms with Crippen molar-refractivity contribution in [1.29, 1.82) is 0 Å². The van der Waals surface area contributed by atoms with Gasteiger partial charge in [0.2, 0.25) is 0 Å². The van der Waals surface area contributed by atoms with E-state index in [1.807, 2.05) is 18.2 Å². The quantitative estimate of drug-likeness (QED) is 0.770. The molecule has 2 nitrogen and oxygen atoms in total. The molecule has 0 aliphatic carbocycles. The van der Waals surface area contributed by atoms with Crippen LogP contribution in [-0.2, 0) is 0 Å². The number of nitrogens with two attached hydrogens (primary N) is 1. The molecule has 2 N–H and O–H groups in total. The van der Waals surface area contributed by atoms with Crippen LogP contribution in [0.1, 0.15) is 32.3 Å². The van der Waals surface area contributed by atoms with Crippen LogP contribution in [0.5, 0.6) is 0 Å². The molecule has 16 heavy (non-hydrogen) atoms. The molecular formula is C13H20N2S. The maximum absolute atomic E-state index is 5.75. The second-order valence-corrected chi connectivity index (χ2v) is 4.31. The van der Waals surface area contributed by atoms with E-state index in [1.54, 1.807) is 0 Å². The molecule has 1 rings (SSSR count).